The molecule has 0 aliphatic carbocycles. The highest BCUT2D eigenvalue weighted by molar-refractivity contribution is 5.96. The van der Waals surface area contributed by atoms with Crippen molar-refractivity contribution in [2.24, 2.45) is 0 Å². The van der Waals surface area contributed by atoms with Crippen LogP contribution in [-0.4, -0.2) is 32.3 Å². The maximum atomic E-state index is 13.0. The fourth-order valence-electron chi connectivity index (χ4n) is 1.91. The zero-order valence-corrected chi connectivity index (χ0v) is 13.1. The lowest BCUT2D eigenvalue weighted by molar-refractivity contribution is -0.143. The highest BCUT2D eigenvalue weighted by Crippen LogP contribution is 2.11. The second kappa shape index (κ2) is 6.61. The van der Waals surface area contributed by atoms with E-state index in [2.05, 4.69) is 10.4 Å². The van der Waals surface area contributed by atoms with Gasteiger partial charge in [-0.15, -0.1) is 0 Å². The summed E-state index contributed by atoms with van der Waals surface area (Å²) in [4.78, 5) is 35.4. The van der Waals surface area contributed by atoms with Crippen molar-refractivity contribution in [3.63, 3.8) is 0 Å². The minimum atomic E-state index is -1.45. The van der Waals surface area contributed by atoms with Crippen molar-refractivity contribution in [3.8, 4) is 5.69 Å². The quantitative estimate of drug-likeness (QED) is 0.860. The fraction of sp³-hybridized carbons (Fsp3) is 0.250. The molecule has 0 saturated carbocycles. The van der Waals surface area contributed by atoms with Gasteiger partial charge in [0.15, 0.2) is 0 Å². The van der Waals surface area contributed by atoms with Crippen LogP contribution in [0.5, 0.6) is 0 Å². The second-order valence-corrected chi connectivity index (χ2v) is 5.39. The number of carboxylic acids is 1. The van der Waals surface area contributed by atoms with Gasteiger partial charge in [-0.05, 0) is 43.7 Å². The first kappa shape index (κ1) is 17.3. The lowest BCUT2D eigenvalue weighted by Gasteiger charge is -2.24. The van der Waals surface area contributed by atoms with E-state index in [4.69, 9.17) is 0 Å². The molecule has 1 unspecified atom stereocenters. The lowest BCUT2D eigenvalue weighted by Crippen LogP contribution is -2.52. The first-order valence-electron chi connectivity index (χ1n) is 7.19. The Bertz CT molecular complexity index is 832. The maximum Gasteiger partial charge on any atom is 0.329 e. The summed E-state index contributed by atoms with van der Waals surface area (Å²) in [5.74, 6) is -2.37. The molecule has 24 heavy (non-hydrogen) atoms. The molecule has 126 valence electrons. The van der Waals surface area contributed by atoms with Crippen LogP contribution < -0.4 is 10.9 Å². The summed E-state index contributed by atoms with van der Waals surface area (Å²) in [6.45, 7) is 3.00. The molecule has 0 radical (unpaired) electrons. The minimum absolute atomic E-state index is 0.125. The summed E-state index contributed by atoms with van der Waals surface area (Å²) < 4.78 is 13.9. The molecular weight excluding hydrogens is 317 g/mol. The number of benzene rings is 1. The summed E-state index contributed by atoms with van der Waals surface area (Å²) >= 11 is 0. The van der Waals surface area contributed by atoms with Gasteiger partial charge in [0.2, 0.25) is 0 Å². The van der Waals surface area contributed by atoms with Gasteiger partial charge in [0.1, 0.15) is 17.1 Å². The van der Waals surface area contributed by atoms with Crippen molar-refractivity contribution < 1.29 is 19.1 Å². The third-order valence-corrected chi connectivity index (χ3v) is 3.67. The van der Waals surface area contributed by atoms with Crippen LogP contribution in [0.3, 0.4) is 0 Å². The Kier molecular flexibility index (Phi) is 4.77. The standard InChI is InChI=1S/C16H16FN3O4/c1-3-16(2,15(23)24)18-14(22)12-8-9-13(21)20(19-12)11-6-4-10(17)5-7-11/h4-9H,3H2,1-2H3,(H,18,22)(H,23,24). The van der Waals surface area contributed by atoms with Crippen LogP contribution in [0.25, 0.3) is 5.69 Å². The van der Waals surface area contributed by atoms with Gasteiger partial charge in [-0.1, -0.05) is 6.92 Å². The normalized spacial score (nSPS) is 13.1. The van der Waals surface area contributed by atoms with Gasteiger partial charge < -0.3 is 10.4 Å². The van der Waals surface area contributed by atoms with E-state index in [1.54, 1.807) is 6.92 Å². The molecule has 2 aromatic rings. The van der Waals surface area contributed by atoms with E-state index in [1.165, 1.54) is 25.1 Å². The molecule has 0 bridgehead atoms. The first-order chi connectivity index (χ1) is 11.3. The number of rotatable bonds is 5. The van der Waals surface area contributed by atoms with Crippen LogP contribution in [0, 0.1) is 5.82 Å². The van der Waals surface area contributed by atoms with Crippen LogP contribution in [0.2, 0.25) is 0 Å². The first-order valence-corrected chi connectivity index (χ1v) is 7.19. The molecule has 1 amide bonds. The number of amides is 1. The Labute approximate surface area is 136 Å². The molecule has 1 aromatic heterocycles. The monoisotopic (exact) mass is 333 g/mol. The maximum absolute atomic E-state index is 13.0. The van der Waals surface area contributed by atoms with Crippen molar-refractivity contribution in [1.82, 2.24) is 15.1 Å². The minimum Gasteiger partial charge on any atom is -0.480 e. The predicted molar refractivity (Wildman–Crippen MR) is 83.6 cm³/mol. The zero-order chi connectivity index (χ0) is 17.9. The predicted octanol–water partition coefficient (Wildman–Crippen LogP) is 1.35. The highest BCUT2D eigenvalue weighted by Gasteiger charge is 2.33. The molecule has 7 nitrogen and oxygen atoms in total. The molecular formula is C16H16FN3O4. The van der Waals surface area contributed by atoms with E-state index < -0.39 is 28.8 Å². The van der Waals surface area contributed by atoms with Gasteiger partial charge in [-0.2, -0.15) is 9.78 Å². The van der Waals surface area contributed by atoms with E-state index >= 15 is 0 Å². The van der Waals surface area contributed by atoms with E-state index in [1.807, 2.05) is 0 Å². The van der Waals surface area contributed by atoms with Crippen molar-refractivity contribution in [1.29, 1.82) is 0 Å². The van der Waals surface area contributed by atoms with Crippen molar-refractivity contribution in [3.05, 3.63) is 58.3 Å². The van der Waals surface area contributed by atoms with E-state index in [-0.39, 0.29) is 17.8 Å². The highest BCUT2D eigenvalue weighted by atomic mass is 19.1. The summed E-state index contributed by atoms with van der Waals surface area (Å²) in [5.41, 5.74) is -1.79. The number of carboxylic acid groups (broad SMARTS) is 1. The Morgan fingerprint density at radius 3 is 2.42 bits per heavy atom. The number of nitrogens with one attached hydrogen (secondary N) is 1. The Hall–Kier alpha value is -3.03. The van der Waals surface area contributed by atoms with Crippen molar-refractivity contribution in [2.45, 2.75) is 25.8 Å². The Balaban J connectivity index is 2.37. The molecule has 2 rings (SSSR count). The van der Waals surface area contributed by atoms with Gasteiger partial charge >= 0.3 is 5.97 Å². The van der Waals surface area contributed by atoms with Gasteiger partial charge in [-0.3, -0.25) is 9.59 Å². The van der Waals surface area contributed by atoms with Crippen molar-refractivity contribution >= 4 is 11.9 Å². The molecule has 0 fully saturated rings. The van der Waals surface area contributed by atoms with Crippen LogP contribution in [0.1, 0.15) is 30.8 Å². The van der Waals surface area contributed by atoms with Gasteiger partial charge in [-0.25, -0.2) is 9.18 Å². The van der Waals surface area contributed by atoms with Gasteiger partial charge in [0.25, 0.3) is 11.5 Å². The van der Waals surface area contributed by atoms with Crippen LogP contribution in [-0.2, 0) is 4.79 Å². The fourth-order valence-corrected chi connectivity index (χ4v) is 1.91. The van der Waals surface area contributed by atoms with Crippen LogP contribution in [0.4, 0.5) is 4.39 Å². The smallest absolute Gasteiger partial charge is 0.329 e. The average molecular weight is 333 g/mol. The number of carbonyl (C=O) groups is 2. The van der Waals surface area contributed by atoms with Crippen LogP contribution in [0.15, 0.2) is 41.2 Å². The molecule has 2 N–H and O–H groups in total. The summed E-state index contributed by atoms with van der Waals surface area (Å²) in [7, 11) is 0. The Morgan fingerprint density at radius 2 is 1.88 bits per heavy atom. The molecule has 1 heterocycles. The molecule has 0 spiro atoms. The number of hydrogen-bond acceptors (Lipinski definition) is 4. The summed E-state index contributed by atoms with van der Waals surface area (Å²) in [5, 5.41) is 15.5. The number of aliphatic carboxylic acids is 1. The topological polar surface area (TPSA) is 101 Å². The van der Waals surface area contributed by atoms with E-state index in [9.17, 15) is 23.9 Å². The summed E-state index contributed by atoms with van der Waals surface area (Å²) in [6, 6.07) is 7.35. The third kappa shape index (κ3) is 3.48. The number of hydrogen-bond donors (Lipinski definition) is 2. The largest absolute Gasteiger partial charge is 0.480 e. The number of halogens is 1. The molecule has 1 atom stereocenters. The third-order valence-electron chi connectivity index (χ3n) is 3.67. The Morgan fingerprint density at radius 1 is 1.25 bits per heavy atom. The summed E-state index contributed by atoms with van der Waals surface area (Å²) in [6.07, 6.45) is 0.172. The number of aromatic nitrogens is 2. The number of carbonyl (C=O) groups excluding carboxylic acids is 1. The molecule has 1 aromatic carbocycles. The van der Waals surface area contributed by atoms with Crippen molar-refractivity contribution in [2.75, 3.05) is 0 Å². The van der Waals surface area contributed by atoms with E-state index in [0.717, 1.165) is 22.9 Å². The van der Waals surface area contributed by atoms with E-state index in [0.29, 0.717) is 0 Å². The molecule has 0 aliphatic rings. The average Bonchev–Trinajstić information content (AvgIpc) is 2.55. The molecule has 0 saturated heterocycles. The van der Waals surface area contributed by atoms with Crippen LogP contribution >= 0.6 is 0 Å². The molecule has 8 heteroatoms. The zero-order valence-electron chi connectivity index (χ0n) is 13.1. The van der Waals surface area contributed by atoms with Gasteiger partial charge in [0.05, 0.1) is 5.69 Å². The second-order valence-electron chi connectivity index (χ2n) is 5.39. The lowest BCUT2D eigenvalue weighted by atomic mass is 9.99. The SMILES string of the molecule is CCC(C)(NC(=O)c1ccc(=O)n(-c2ccc(F)cc2)n1)C(=O)O. The van der Waals surface area contributed by atoms with Gasteiger partial charge in [0, 0.05) is 6.07 Å². The molecule has 0 aliphatic heterocycles. The number of nitrogens with zero attached hydrogens (tertiary/aromatic N) is 2.